The van der Waals surface area contributed by atoms with Crippen molar-refractivity contribution in [3.63, 3.8) is 0 Å². The van der Waals surface area contributed by atoms with E-state index in [0.717, 1.165) is 68.1 Å². The number of nitrogens with zero attached hydrogens (tertiary/aromatic N) is 8. The highest BCUT2D eigenvalue weighted by Crippen LogP contribution is 2.38. The Morgan fingerprint density at radius 3 is 2.57 bits per heavy atom. The molecule has 2 aliphatic heterocycles. The number of rotatable bonds is 8. The van der Waals surface area contributed by atoms with Crippen molar-refractivity contribution in [1.82, 2.24) is 28.4 Å². The molecule has 0 unspecified atom stereocenters. The average Bonchev–Trinajstić information content (AvgIpc) is 3.58. The summed E-state index contributed by atoms with van der Waals surface area (Å²) < 4.78 is 16.3. The van der Waals surface area contributed by atoms with Gasteiger partial charge in [-0.2, -0.15) is 0 Å². The Labute approximate surface area is 297 Å². The second-order valence-corrected chi connectivity index (χ2v) is 15.1. The first-order valence-electron chi connectivity index (χ1n) is 17.7. The van der Waals surface area contributed by atoms with Crippen molar-refractivity contribution < 1.29 is 9.47 Å². The molecular weight excluding hydrogens is 644 g/mol. The van der Waals surface area contributed by atoms with E-state index in [4.69, 9.17) is 19.4 Å². The molecule has 0 radical (unpaired) electrons. The van der Waals surface area contributed by atoms with E-state index >= 15 is 0 Å². The normalized spacial score (nSPS) is 19.0. The van der Waals surface area contributed by atoms with Crippen LogP contribution in [0.5, 0.6) is 0 Å². The third-order valence-electron chi connectivity index (χ3n) is 10.9. The maximum Gasteiger partial charge on any atom is 0.280 e. The lowest BCUT2D eigenvalue weighted by Crippen LogP contribution is -2.59. The predicted molar refractivity (Wildman–Crippen MR) is 199 cm³/mol. The van der Waals surface area contributed by atoms with Crippen molar-refractivity contribution in [1.29, 1.82) is 0 Å². The Kier molecular flexibility index (Phi) is 8.35. The van der Waals surface area contributed by atoms with Gasteiger partial charge in [0.05, 0.1) is 37.7 Å². The van der Waals surface area contributed by atoms with Crippen LogP contribution in [0, 0.1) is 5.41 Å². The van der Waals surface area contributed by atoms with Crippen molar-refractivity contribution in [2.75, 3.05) is 56.8 Å². The van der Waals surface area contributed by atoms with Crippen LogP contribution in [0.3, 0.4) is 0 Å². The van der Waals surface area contributed by atoms with E-state index in [-0.39, 0.29) is 23.1 Å². The first-order valence-corrected chi connectivity index (χ1v) is 17.7. The van der Waals surface area contributed by atoms with E-state index in [2.05, 4.69) is 36.6 Å². The summed E-state index contributed by atoms with van der Waals surface area (Å²) in [6, 6.07) is 10.8. The molecule has 0 saturated carbocycles. The number of methoxy groups -OCH3 is 1. The summed E-state index contributed by atoms with van der Waals surface area (Å²) in [5.41, 5.74) is 6.90. The zero-order valence-electron chi connectivity index (χ0n) is 30.3. The number of anilines is 3. The molecule has 2 saturated heterocycles. The molecule has 1 atom stereocenters. The topological polar surface area (TPSA) is 102 Å². The van der Waals surface area contributed by atoms with Gasteiger partial charge in [-0.3, -0.25) is 19.1 Å². The lowest BCUT2D eigenvalue weighted by atomic mass is 9.90. The zero-order chi connectivity index (χ0) is 35.6. The third-order valence-corrected chi connectivity index (χ3v) is 10.9. The molecule has 0 N–H and O–H groups in total. The fourth-order valence-corrected chi connectivity index (χ4v) is 8.16. The maximum atomic E-state index is 14.0. The summed E-state index contributed by atoms with van der Waals surface area (Å²) in [5, 5.41) is 0. The van der Waals surface area contributed by atoms with Gasteiger partial charge in [0.1, 0.15) is 22.8 Å². The number of hydrogen-bond donors (Lipinski definition) is 0. The predicted octanol–water partition coefficient (Wildman–Crippen LogP) is 4.19. The lowest BCUT2D eigenvalue weighted by Gasteiger charge is -2.46. The van der Waals surface area contributed by atoms with E-state index in [0.29, 0.717) is 34.9 Å². The standard InChI is InChI=1S/C39H46N8O4/c1-25-20-44(29-22-51-23-29)11-12-45(25)28-7-8-35(41-19-28)43(5)32-16-27(21-42(4)37(32)48)30-9-10-40-36(31(30)24-50-6)47-14-13-46-33(38(47)49)15-26-17-39(2,3)18-34(26)46/h7-10,13-16,19,21,25,29H,11-12,17-18,20,22-24H2,1-6H3/t25-/m0/s1. The summed E-state index contributed by atoms with van der Waals surface area (Å²) in [6.45, 7) is 11.6. The van der Waals surface area contributed by atoms with Crippen LogP contribution < -0.4 is 20.9 Å². The number of aryl methyl sites for hydroxylation is 1. The van der Waals surface area contributed by atoms with Crippen LogP contribution in [0.15, 0.2) is 70.9 Å². The first-order chi connectivity index (χ1) is 24.5. The van der Waals surface area contributed by atoms with Crippen LogP contribution in [0.2, 0.25) is 0 Å². The highest BCUT2D eigenvalue weighted by Gasteiger charge is 2.33. The molecular formula is C39H46N8O4. The summed E-state index contributed by atoms with van der Waals surface area (Å²) >= 11 is 0. The quantitative estimate of drug-likeness (QED) is 0.237. The molecule has 0 amide bonds. The van der Waals surface area contributed by atoms with Crippen molar-refractivity contribution in [3.8, 4) is 16.9 Å². The van der Waals surface area contributed by atoms with Gasteiger partial charge in [0.2, 0.25) is 0 Å². The Bertz CT molecular complexity index is 2230. The number of piperazine rings is 1. The number of aromatic nitrogens is 5. The van der Waals surface area contributed by atoms with Crippen molar-refractivity contribution in [2.24, 2.45) is 12.5 Å². The highest BCUT2D eigenvalue weighted by molar-refractivity contribution is 5.74. The van der Waals surface area contributed by atoms with Crippen molar-refractivity contribution in [3.05, 3.63) is 98.8 Å². The molecule has 5 aromatic rings. The first kappa shape index (κ1) is 33.4. The SMILES string of the molecule is COCc1c(-c2cc(N(C)c3ccc(N4CCN(C5COC5)C[C@@H]4C)cn3)c(=O)n(C)c2)ccnc1-n1ccn2c3c(cc2c1=O)CC(C)(C)C3. The van der Waals surface area contributed by atoms with Gasteiger partial charge in [-0.05, 0) is 66.6 Å². The number of hydrogen-bond acceptors (Lipinski definition) is 9. The summed E-state index contributed by atoms with van der Waals surface area (Å²) in [6.07, 6.45) is 11.1. The average molecular weight is 691 g/mol. The van der Waals surface area contributed by atoms with Gasteiger partial charge in [-0.15, -0.1) is 0 Å². The number of fused-ring (bicyclic) bond motifs is 3. The number of ether oxygens (including phenoxy) is 2. The molecule has 5 aromatic heterocycles. The Balaban J connectivity index is 1.11. The van der Waals surface area contributed by atoms with Crippen LogP contribution in [-0.2, 0) is 36.0 Å². The summed E-state index contributed by atoms with van der Waals surface area (Å²) in [4.78, 5) is 43.9. The molecule has 3 aliphatic rings. The highest BCUT2D eigenvalue weighted by atomic mass is 16.5. The largest absolute Gasteiger partial charge is 0.380 e. The van der Waals surface area contributed by atoms with Crippen LogP contribution in [0.25, 0.3) is 22.5 Å². The molecule has 2 fully saturated rings. The monoisotopic (exact) mass is 690 g/mol. The minimum absolute atomic E-state index is 0.133. The van der Waals surface area contributed by atoms with Crippen LogP contribution >= 0.6 is 0 Å². The molecule has 12 heteroatoms. The van der Waals surface area contributed by atoms with Gasteiger partial charge >= 0.3 is 0 Å². The van der Waals surface area contributed by atoms with E-state index in [1.54, 1.807) is 35.7 Å². The van der Waals surface area contributed by atoms with Crippen LogP contribution in [0.1, 0.15) is 37.6 Å². The van der Waals surface area contributed by atoms with Crippen LogP contribution in [-0.4, -0.2) is 87.5 Å². The molecule has 0 spiro atoms. The van der Waals surface area contributed by atoms with Gasteiger partial charge in [0.15, 0.2) is 0 Å². The Morgan fingerprint density at radius 1 is 1.04 bits per heavy atom. The lowest BCUT2D eigenvalue weighted by molar-refractivity contribution is -0.0691. The summed E-state index contributed by atoms with van der Waals surface area (Å²) in [5.74, 6) is 1.17. The zero-order valence-corrected chi connectivity index (χ0v) is 30.3. The third kappa shape index (κ3) is 5.84. The van der Waals surface area contributed by atoms with E-state index < -0.39 is 0 Å². The molecule has 12 nitrogen and oxygen atoms in total. The Morgan fingerprint density at radius 2 is 1.86 bits per heavy atom. The number of pyridine rings is 3. The molecule has 1 aliphatic carbocycles. The van der Waals surface area contributed by atoms with Crippen LogP contribution in [0.4, 0.5) is 17.2 Å². The van der Waals surface area contributed by atoms with Gasteiger partial charge in [-0.1, -0.05) is 13.8 Å². The molecule has 7 heterocycles. The Hall–Kier alpha value is -4.78. The van der Waals surface area contributed by atoms with Gasteiger partial charge in [0.25, 0.3) is 11.1 Å². The molecule has 0 aromatic carbocycles. The van der Waals surface area contributed by atoms with E-state index in [1.807, 2.05) is 59.2 Å². The fourth-order valence-electron chi connectivity index (χ4n) is 8.16. The minimum atomic E-state index is -0.148. The summed E-state index contributed by atoms with van der Waals surface area (Å²) in [7, 11) is 5.24. The molecule has 8 rings (SSSR count). The van der Waals surface area contributed by atoms with Crippen molar-refractivity contribution in [2.45, 2.75) is 52.3 Å². The second kappa shape index (κ2) is 12.8. The van der Waals surface area contributed by atoms with Gasteiger partial charge < -0.3 is 28.2 Å². The maximum absolute atomic E-state index is 14.0. The minimum Gasteiger partial charge on any atom is -0.380 e. The fraction of sp³-hybridized carbons (Fsp3) is 0.436. The molecule has 266 valence electrons. The molecule has 0 bridgehead atoms. The van der Waals surface area contributed by atoms with Gasteiger partial charge in [-0.25, -0.2) is 9.97 Å². The second-order valence-electron chi connectivity index (χ2n) is 15.1. The van der Waals surface area contributed by atoms with Gasteiger partial charge in [0, 0.05) is 88.5 Å². The smallest absolute Gasteiger partial charge is 0.280 e. The van der Waals surface area contributed by atoms with Crippen molar-refractivity contribution >= 4 is 22.7 Å². The molecule has 51 heavy (non-hydrogen) atoms. The van der Waals surface area contributed by atoms with E-state index in [1.165, 1.54) is 11.3 Å². The van der Waals surface area contributed by atoms with E-state index in [9.17, 15) is 9.59 Å².